The zero-order chi connectivity index (χ0) is 23.6. The Balaban J connectivity index is 1.95. The zero-order valence-electron chi connectivity index (χ0n) is 18.5. The molecule has 8 heteroatoms. The van der Waals surface area contributed by atoms with Gasteiger partial charge in [-0.3, -0.25) is 4.79 Å². The Morgan fingerprint density at radius 2 is 1.50 bits per heavy atom. The van der Waals surface area contributed by atoms with Gasteiger partial charge in [0.1, 0.15) is 12.2 Å². The highest BCUT2D eigenvalue weighted by atomic mass is 16.6. The van der Waals surface area contributed by atoms with Crippen LogP contribution < -0.4 is 5.32 Å². The van der Waals surface area contributed by atoms with Crippen LogP contribution in [-0.4, -0.2) is 41.4 Å². The number of esters is 1. The first kappa shape index (κ1) is 24.9. The highest BCUT2D eigenvalue weighted by Crippen LogP contribution is 2.10. The van der Waals surface area contributed by atoms with Crippen molar-refractivity contribution in [2.24, 2.45) is 0 Å². The quantitative estimate of drug-likeness (QED) is 0.541. The fraction of sp³-hybridized carbons (Fsp3) is 0.375. The van der Waals surface area contributed by atoms with E-state index in [2.05, 4.69) is 5.32 Å². The summed E-state index contributed by atoms with van der Waals surface area (Å²) < 4.78 is 16.2. The third-order valence-electron chi connectivity index (χ3n) is 4.13. The van der Waals surface area contributed by atoms with Crippen LogP contribution >= 0.6 is 0 Å². The number of carbonyl (C=O) groups is 3. The summed E-state index contributed by atoms with van der Waals surface area (Å²) in [5.41, 5.74) is 1.54. The van der Waals surface area contributed by atoms with Crippen molar-refractivity contribution in [1.82, 2.24) is 5.32 Å². The molecule has 32 heavy (non-hydrogen) atoms. The van der Waals surface area contributed by atoms with Gasteiger partial charge in [0.25, 0.3) is 0 Å². The van der Waals surface area contributed by atoms with E-state index in [1.54, 1.807) is 45.0 Å². The minimum atomic E-state index is -1.06. The molecular formula is C24H29NO7. The second kappa shape index (κ2) is 11.9. The summed E-state index contributed by atoms with van der Waals surface area (Å²) in [4.78, 5) is 35.6. The number of rotatable bonds is 10. The number of carbonyl (C=O) groups excluding carboxylic acids is 2. The van der Waals surface area contributed by atoms with Crippen LogP contribution in [-0.2, 0) is 43.4 Å². The van der Waals surface area contributed by atoms with Crippen LogP contribution in [0.5, 0.6) is 0 Å². The van der Waals surface area contributed by atoms with E-state index in [0.29, 0.717) is 11.1 Å². The van der Waals surface area contributed by atoms with E-state index < -0.39 is 29.7 Å². The maximum Gasteiger partial charge on any atom is 0.408 e. The fourth-order valence-corrected chi connectivity index (χ4v) is 2.67. The van der Waals surface area contributed by atoms with E-state index >= 15 is 0 Å². The smallest absolute Gasteiger partial charge is 0.408 e. The minimum Gasteiger partial charge on any atom is -0.481 e. The molecule has 0 saturated carbocycles. The van der Waals surface area contributed by atoms with Crippen LogP contribution in [0.2, 0.25) is 0 Å². The van der Waals surface area contributed by atoms with Crippen molar-refractivity contribution >= 4 is 18.0 Å². The van der Waals surface area contributed by atoms with Crippen LogP contribution in [0.15, 0.2) is 54.6 Å². The van der Waals surface area contributed by atoms with Crippen LogP contribution in [0.4, 0.5) is 4.79 Å². The van der Waals surface area contributed by atoms with Crippen LogP contribution in [0.25, 0.3) is 0 Å². The molecule has 8 nitrogen and oxygen atoms in total. The number of amides is 1. The summed E-state index contributed by atoms with van der Waals surface area (Å²) in [5.74, 6) is -1.59. The predicted octanol–water partition coefficient (Wildman–Crippen LogP) is 3.47. The van der Waals surface area contributed by atoms with Crippen molar-refractivity contribution in [3.8, 4) is 0 Å². The molecule has 0 bridgehead atoms. The molecule has 2 aromatic rings. The predicted molar refractivity (Wildman–Crippen MR) is 117 cm³/mol. The maximum absolute atomic E-state index is 12.6. The molecule has 0 heterocycles. The van der Waals surface area contributed by atoms with Gasteiger partial charge >= 0.3 is 18.0 Å². The number of hydrogen-bond donors (Lipinski definition) is 2. The number of aliphatic carboxylic acids is 1. The number of carboxylic acids is 1. The monoisotopic (exact) mass is 443 g/mol. The molecule has 2 aromatic carbocycles. The van der Waals surface area contributed by atoms with Crippen molar-refractivity contribution in [3.05, 3.63) is 71.3 Å². The van der Waals surface area contributed by atoms with Gasteiger partial charge < -0.3 is 24.6 Å². The highest BCUT2D eigenvalue weighted by molar-refractivity contribution is 5.81. The zero-order valence-corrected chi connectivity index (χ0v) is 18.5. The van der Waals surface area contributed by atoms with Gasteiger partial charge in [-0.1, -0.05) is 54.6 Å². The molecule has 172 valence electrons. The Kier molecular flexibility index (Phi) is 9.22. The molecule has 0 saturated heterocycles. The molecular weight excluding hydrogens is 414 g/mol. The molecule has 1 unspecified atom stereocenters. The lowest BCUT2D eigenvalue weighted by molar-refractivity contribution is -0.149. The molecule has 0 spiro atoms. The number of nitrogens with one attached hydrogen (secondary N) is 1. The summed E-state index contributed by atoms with van der Waals surface area (Å²) in [7, 11) is 0. The number of alkyl carbamates (subject to hydrolysis) is 1. The molecule has 0 aromatic heterocycles. The Hall–Kier alpha value is -3.39. The van der Waals surface area contributed by atoms with E-state index in [1.807, 2.05) is 30.3 Å². The summed E-state index contributed by atoms with van der Waals surface area (Å²) >= 11 is 0. The first-order valence-electron chi connectivity index (χ1n) is 10.2. The van der Waals surface area contributed by atoms with E-state index in [1.165, 1.54) is 0 Å². The number of hydrogen-bond acceptors (Lipinski definition) is 6. The number of ether oxygens (including phenoxy) is 3. The average molecular weight is 443 g/mol. The van der Waals surface area contributed by atoms with E-state index in [0.717, 1.165) is 5.56 Å². The lowest BCUT2D eigenvalue weighted by atomic mass is 10.1. The van der Waals surface area contributed by atoms with Crippen LogP contribution in [0.3, 0.4) is 0 Å². The van der Waals surface area contributed by atoms with Gasteiger partial charge in [-0.2, -0.15) is 0 Å². The second-order valence-electron chi connectivity index (χ2n) is 8.19. The van der Waals surface area contributed by atoms with Gasteiger partial charge in [0.05, 0.1) is 19.6 Å². The molecule has 0 radical (unpaired) electrons. The topological polar surface area (TPSA) is 111 Å². The molecule has 1 amide bonds. The maximum atomic E-state index is 12.6. The summed E-state index contributed by atoms with van der Waals surface area (Å²) in [6, 6.07) is 15.1. The Bertz CT molecular complexity index is 889. The highest BCUT2D eigenvalue weighted by Gasteiger charge is 2.26. The number of benzene rings is 2. The first-order valence-corrected chi connectivity index (χ1v) is 10.2. The largest absolute Gasteiger partial charge is 0.481 e. The standard InChI is InChI=1S/C24H29NO7/c1-24(2,3)32-23(29)25-20(16-30-14-18-7-5-4-6-8-18)22(28)31-15-19-11-9-17(10-12-19)13-21(26)27/h4-12,20H,13-16H2,1-3H3,(H,25,29)(H,26,27). The molecule has 0 fully saturated rings. The number of carboxylic acid groups (broad SMARTS) is 1. The van der Waals surface area contributed by atoms with Gasteiger partial charge in [0.15, 0.2) is 6.04 Å². The van der Waals surface area contributed by atoms with Gasteiger partial charge in [0, 0.05) is 0 Å². The van der Waals surface area contributed by atoms with E-state index in [9.17, 15) is 14.4 Å². The normalized spacial score (nSPS) is 12.0. The molecule has 0 aliphatic heterocycles. The summed E-state index contributed by atoms with van der Waals surface area (Å²) in [6.45, 7) is 5.31. The third kappa shape index (κ3) is 9.61. The van der Waals surface area contributed by atoms with Crippen molar-refractivity contribution in [2.75, 3.05) is 6.61 Å². The van der Waals surface area contributed by atoms with E-state index in [4.69, 9.17) is 19.3 Å². The molecule has 0 aliphatic rings. The lowest BCUT2D eigenvalue weighted by Gasteiger charge is -2.23. The molecule has 2 rings (SSSR count). The fourth-order valence-electron chi connectivity index (χ4n) is 2.67. The Labute approximate surface area is 187 Å². The average Bonchev–Trinajstić information content (AvgIpc) is 2.71. The summed E-state index contributed by atoms with van der Waals surface area (Å²) in [6.07, 6.45) is -0.832. The SMILES string of the molecule is CC(C)(C)OC(=O)NC(COCc1ccccc1)C(=O)OCc1ccc(CC(=O)O)cc1. The Morgan fingerprint density at radius 3 is 2.09 bits per heavy atom. The van der Waals surface area contributed by atoms with Gasteiger partial charge in [-0.05, 0) is 37.5 Å². The second-order valence-corrected chi connectivity index (χ2v) is 8.19. The molecule has 0 aliphatic carbocycles. The van der Waals surface area contributed by atoms with Crippen molar-refractivity contribution < 1.29 is 33.7 Å². The van der Waals surface area contributed by atoms with Gasteiger partial charge in [-0.15, -0.1) is 0 Å². The van der Waals surface area contributed by atoms with Crippen LogP contribution in [0.1, 0.15) is 37.5 Å². The van der Waals surface area contributed by atoms with Crippen molar-refractivity contribution in [2.45, 2.75) is 52.0 Å². The molecule has 1 atom stereocenters. The van der Waals surface area contributed by atoms with Gasteiger partial charge in [-0.25, -0.2) is 9.59 Å². The van der Waals surface area contributed by atoms with Crippen LogP contribution in [0, 0.1) is 0 Å². The third-order valence-corrected chi connectivity index (χ3v) is 4.13. The lowest BCUT2D eigenvalue weighted by Crippen LogP contribution is -2.46. The Morgan fingerprint density at radius 1 is 0.906 bits per heavy atom. The van der Waals surface area contributed by atoms with E-state index in [-0.39, 0.29) is 26.2 Å². The van der Waals surface area contributed by atoms with Crippen molar-refractivity contribution in [1.29, 1.82) is 0 Å². The minimum absolute atomic E-state index is 0.0304. The summed E-state index contributed by atoms with van der Waals surface area (Å²) in [5, 5.41) is 11.3. The van der Waals surface area contributed by atoms with Gasteiger partial charge in [0.2, 0.25) is 0 Å². The first-order chi connectivity index (χ1) is 15.1. The molecule has 2 N–H and O–H groups in total. The van der Waals surface area contributed by atoms with Crippen molar-refractivity contribution in [3.63, 3.8) is 0 Å².